The number of nitrogens with zero attached hydrogens (tertiary/aromatic N) is 4. The van der Waals surface area contributed by atoms with Crippen LogP contribution in [0.5, 0.6) is 0 Å². The Kier molecular flexibility index (Phi) is 13.2. The van der Waals surface area contributed by atoms with Crippen LogP contribution in [0.2, 0.25) is 0 Å². The lowest BCUT2D eigenvalue weighted by molar-refractivity contribution is -0.472. The molecule has 0 saturated heterocycles. The van der Waals surface area contributed by atoms with Gasteiger partial charge in [-0.1, -0.05) is 13.8 Å². The Labute approximate surface area is 214 Å². The zero-order valence-corrected chi connectivity index (χ0v) is 22.4. The topological polar surface area (TPSA) is 116 Å². The summed E-state index contributed by atoms with van der Waals surface area (Å²) in [4.78, 5) is 12.2. The number of rotatable bonds is 16. The molecule has 0 aliphatic heterocycles. The van der Waals surface area contributed by atoms with E-state index in [1.54, 1.807) is 0 Å². The summed E-state index contributed by atoms with van der Waals surface area (Å²) in [6.07, 6.45) is -14.4. The van der Waals surface area contributed by atoms with Crippen LogP contribution in [0, 0.1) is 0 Å². The van der Waals surface area contributed by atoms with E-state index in [0.717, 1.165) is 18.9 Å². The highest BCUT2D eigenvalue weighted by Gasteiger charge is 2.59. The van der Waals surface area contributed by atoms with Crippen molar-refractivity contribution in [2.45, 2.75) is 50.7 Å². The lowest BCUT2D eigenvalue weighted by Gasteiger charge is -2.47. The van der Waals surface area contributed by atoms with Crippen LogP contribution in [0.15, 0.2) is 0 Å². The predicted octanol–water partition coefficient (Wildman–Crippen LogP) is 1.26. The minimum Gasteiger partial charge on any atom is -0.323 e. The van der Waals surface area contributed by atoms with Crippen LogP contribution in [-0.4, -0.2) is 118 Å². The quantitative estimate of drug-likeness (QED) is 0.152. The second-order valence-corrected chi connectivity index (χ2v) is 9.66. The van der Waals surface area contributed by atoms with E-state index < -0.39 is 65.6 Å². The summed E-state index contributed by atoms with van der Waals surface area (Å²) in [6, 6.07) is 0. The lowest BCUT2D eigenvalue weighted by Crippen LogP contribution is -2.73. The molecule has 0 spiro atoms. The van der Waals surface area contributed by atoms with Gasteiger partial charge in [-0.15, -0.1) is 13.2 Å². The van der Waals surface area contributed by atoms with Crippen LogP contribution in [0.1, 0.15) is 20.8 Å². The Morgan fingerprint density at radius 3 is 1.89 bits per heavy atom. The molecule has 2 atom stereocenters. The van der Waals surface area contributed by atoms with Crippen molar-refractivity contribution in [3.8, 4) is 0 Å². The van der Waals surface area contributed by atoms with Crippen molar-refractivity contribution >= 4 is 15.9 Å². The van der Waals surface area contributed by atoms with E-state index in [4.69, 9.17) is 0 Å². The predicted molar refractivity (Wildman–Crippen MR) is 115 cm³/mol. The number of carbonyl (C=O) groups is 1. The SMILES string of the molecule is CCNC(C)(N(C)C)S(=O)(=O)N(N(CC)CC(F)F)N(NC)C(=O)C(OC)(OCC(F)(F)F)OC(F)(F)F. The van der Waals surface area contributed by atoms with Gasteiger partial charge in [-0.05, 0) is 32.1 Å². The maximum atomic E-state index is 13.9. The summed E-state index contributed by atoms with van der Waals surface area (Å²) in [6.45, 7) is -0.868. The van der Waals surface area contributed by atoms with Crippen molar-refractivity contribution in [1.29, 1.82) is 0 Å². The smallest absolute Gasteiger partial charge is 0.323 e. The molecule has 0 bridgehead atoms. The van der Waals surface area contributed by atoms with Gasteiger partial charge in [0, 0.05) is 20.7 Å². The normalized spacial score (nSPS) is 16.8. The first-order valence-corrected chi connectivity index (χ1v) is 12.1. The molecule has 228 valence electrons. The number of hydrogen-bond acceptors (Lipinski definition) is 10. The van der Waals surface area contributed by atoms with Crippen molar-refractivity contribution in [2.24, 2.45) is 0 Å². The number of amides is 1. The van der Waals surface area contributed by atoms with Gasteiger partial charge in [0.1, 0.15) is 6.61 Å². The van der Waals surface area contributed by atoms with Crippen molar-refractivity contribution in [3.63, 3.8) is 0 Å². The summed E-state index contributed by atoms with van der Waals surface area (Å²) in [5.74, 6) is -6.63. The molecule has 12 nitrogen and oxygen atoms in total. The van der Waals surface area contributed by atoms with Gasteiger partial charge < -0.3 is 9.47 Å². The van der Waals surface area contributed by atoms with Crippen LogP contribution in [-0.2, 0) is 29.0 Å². The first-order chi connectivity index (χ1) is 17.1. The maximum absolute atomic E-state index is 13.9. The van der Waals surface area contributed by atoms with Crippen LogP contribution in [0.25, 0.3) is 0 Å². The number of hydrazine groups is 3. The largest absolute Gasteiger partial charge is 0.527 e. The second-order valence-electron chi connectivity index (χ2n) is 7.58. The Hall–Kier alpha value is -1.46. The molecular formula is C17H32F8N6O6S. The molecule has 1 amide bonds. The molecule has 0 aromatic heterocycles. The summed E-state index contributed by atoms with van der Waals surface area (Å²) >= 11 is 0. The van der Waals surface area contributed by atoms with E-state index in [0.29, 0.717) is 12.1 Å². The number of ether oxygens (including phenoxy) is 3. The number of alkyl halides is 8. The monoisotopic (exact) mass is 600 g/mol. The number of methoxy groups -OCH3 is 1. The van der Waals surface area contributed by atoms with Gasteiger partial charge in [-0.25, -0.2) is 32.4 Å². The molecule has 38 heavy (non-hydrogen) atoms. The number of halogens is 8. The molecule has 0 rings (SSSR count). The number of carbonyl (C=O) groups excluding carboxylic acids is 1. The molecule has 0 saturated carbocycles. The van der Waals surface area contributed by atoms with Crippen LogP contribution in [0.4, 0.5) is 35.1 Å². The van der Waals surface area contributed by atoms with E-state index >= 15 is 0 Å². The van der Waals surface area contributed by atoms with E-state index in [9.17, 15) is 48.3 Å². The Morgan fingerprint density at radius 2 is 1.58 bits per heavy atom. The number of hydrogen-bond donors (Lipinski definition) is 2. The Balaban J connectivity index is 7.29. The molecule has 0 aliphatic carbocycles. The summed E-state index contributed by atoms with van der Waals surface area (Å²) in [7, 11) is -1.61. The number of sulfonamides is 1. The summed E-state index contributed by atoms with van der Waals surface area (Å²) in [5, 5.41) is 2.60. The van der Waals surface area contributed by atoms with E-state index in [1.165, 1.54) is 27.9 Å². The number of nitrogens with one attached hydrogen (secondary N) is 2. The van der Waals surface area contributed by atoms with Crippen LogP contribution >= 0.6 is 0 Å². The lowest BCUT2D eigenvalue weighted by atomic mass is 10.5. The van der Waals surface area contributed by atoms with Crippen molar-refractivity contribution < 1.29 is 62.5 Å². The van der Waals surface area contributed by atoms with Crippen molar-refractivity contribution in [3.05, 3.63) is 0 Å². The van der Waals surface area contributed by atoms with Crippen LogP contribution in [0.3, 0.4) is 0 Å². The third-order valence-corrected chi connectivity index (χ3v) is 7.15. The third kappa shape index (κ3) is 9.05. The molecule has 0 heterocycles. The maximum Gasteiger partial charge on any atom is 0.527 e. The van der Waals surface area contributed by atoms with Crippen molar-refractivity contribution in [1.82, 2.24) is 30.3 Å². The molecule has 0 fully saturated rings. The Bertz CT molecular complexity index is 865. The zero-order chi connectivity index (χ0) is 30.3. The standard InChI is InChI=1S/C17H32F8N6O6S/c1-8-27-14(3,28(5)6)38(33,34)31(29(9-2)10-12(18)19)30(26-4)13(32)16(35-7,37-17(23,24)25)36-11-15(20,21)22/h12,26-27H,8-11H2,1-7H3. The van der Waals surface area contributed by atoms with Gasteiger partial charge in [0.15, 0.2) is 4.99 Å². The molecule has 2 N–H and O–H groups in total. The van der Waals surface area contributed by atoms with Gasteiger partial charge in [0.25, 0.3) is 16.4 Å². The average molecular weight is 601 g/mol. The zero-order valence-electron chi connectivity index (χ0n) is 21.6. The van der Waals surface area contributed by atoms with Gasteiger partial charge in [0.05, 0.1) is 6.54 Å². The van der Waals surface area contributed by atoms with E-state index in [-0.39, 0.29) is 16.2 Å². The minimum absolute atomic E-state index is 0.0515. The fraction of sp³-hybridized carbons (Fsp3) is 0.941. The molecule has 0 aromatic carbocycles. The molecule has 0 aliphatic rings. The second kappa shape index (κ2) is 13.7. The highest BCUT2D eigenvalue weighted by atomic mass is 32.2. The fourth-order valence-corrected chi connectivity index (χ4v) is 4.84. The van der Waals surface area contributed by atoms with Gasteiger partial charge >= 0.3 is 24.4 Å². The molecule has 21 heteroatoms. The molecule has 0 radical (unpaired) electrons. The minimum atomic E-state index is -5.87. The molecule has 2 unspecified atom stereocenters. The molecular weight excluding hydrogens is 568 g/mol. The van der Waals surface area contributed by atoms with E-state index in [1.807, 2.05) is 5.43 Å². The highest BCUT2D eigenvalue weighted by Crippen LogP contribution is 2.33. The van der Waals surface area contributed by atoms with Crippen molar-refractivity contribution in [2.75, 3.05) is 54.5 Å². The highest BCUT2D eigenvalue weighted by molar-refractivity contribution is 7.90. The van der Waals surface area contributed by atoms with Gasteiger partial charge in [-0.2, -0.15) is 18.3 Å². The average Bonchev–Trinajstić information content (AvgIpc) is 2.76. The summed E-state index contributed by atoms with van der Waals surface area (Å²) < 4.78 is 144. The van der Waals surface area contributed by atoms with Crippen LogP contribution < -0.4 is 10.7 Å². The van der Waals surface area contributed by atoms with Gasteiger partial charge in [-0.3, -0.25) is 15.0 Å². The third-order valence-electron chi connectivity index (χ3n) is 4.81. The summed E-state index contributed by atoms with van der Waals surface area (Å²) in [5.41, 5.74) is 1.88. The Morgan fingerprint density at radius 1 is 1.05 bits per heavy atom. The molecule has 0 aromatic rings. The first kappa shape index (κ1) is 36.5. The van der Waals surface area contributed by atoms with E-state index in [2.05, 4.69) is 19.5 Å². The fourth-order valence-electron chi connectivity index (χ4n) is 2.88. The first-order valence-electron chi connectivity index (χ1n) is 10.6. The van der Waals surface area contributed by atoms with Gasteiger partial charge in [0.2, 0.25) is 0 Å².